The van der Waals surface area contributed by atoms with Gasteiger partial charge in [-0.2, -0.15) is 0 Å². The summed E-state index contributed by atoms with van der Waals surface area (Å²) in [5.41, 5.74) is -2.97. The fraction of sp³-hybridized carbons (Fsp3) is 0.556. The molecule has 0 rings (SSSR count). The van der Waals surface area contributed by atoms with Gasteiger partial charge in [-0.05, 0) is 6.92 Å². The molecule has 0 saturated heterocycles. The molecule has 0 heterocycles. The molecule has 3 N–H and O–H groups in total. The van der Waals surface area contributed by atoms with Crippen LogP contribution in [-0.4, -0.2) is 68.5 Å². The van der Waals surface area contributed by atoms with E-state index in [2.05, 4.69) is 0 Å². The van der Waals surface area contributed by atoms with Crippen molar-refractivity contribution in [2.75, 3.05) is 0 Å². The first-order valence-electron chi connectivity index (χ1n) is 4.66. The molecule has 0 amide bonds. The number of aliphatic hydroxyl groups excluding tert-OH is 1. The summed E-state index contributed by atoms with van der Waals surface area (Å²) < 4.78 is 0. The fourth-order valence-electron chi connectivity index (χ4n) is 0.684. The van der Waals surface area contributed by atoms with Crippen molar-refractivity contribution >= 4 is 41.5 Å². The molecule has 1 unspecified atom stereocenters. The summed E-state index contributed by atoms with van der Waals surface area (Å²) in [5.74, 6) is -7.17. The first kappa shape index (κ1) is 23.4. The fourth-order valence-corrected chi connectivity index (χ4v) is 0.684. The third-order valence-corrected chi connectivity index (χ3v) is 1.61. The van der Waals surface area contributed by atoms with Crippen LogP contribution in [0.1, 0.15) is 19.8 Å². The number of carboxylic acid groups (broad SMARTS) is 4. The summed E-state index contributed by atoms with van der Waals surface area (Å²) in [7, 11) is 0. The van der Waals surface area contributed by atoms with Gasteiger partial charge in [0.25, 0.3) is 0 Å². The van der Waals surface area contributed by atoms with Crippen molar-refractivity contribution in [1.82, 2.24) is 0 Å². The quantitative estimate of drug-likeness (QED) is 0.386. The molecule has 0 aliphatic rings. The van der Waals surface area contributed by atoms with Gasteiger partial charge in [0.15, 0.2) is 0 Å². The maximum absolute atomic E-state index is 10.1. The van der Waals surface area contributed by atoms with Crippen molar-refractivity contribution < 1.29 is 49.8 Å². The summed E-state index contributed by atoms with van der Waals surface area (Å²) in [6, 6.07) is 0. The molecule has 10 nitrogen and oxygen atoms in total. The van der Waals surface area contributed by atoms with Crippen LogP contribution in [0.3, 0.4) is 0 Å². The topological polar surface area (TPSA) is 198 Å². The van der Waals surface area contributed by atoms with Crippen molar-refractivity contribution in [2.24, 2.45) is 0 Å². The predicted octanol–water partition coefficient (Wildman–Crippen LogP) is -6.45. The van der Waals surface area contributed by atoms with Gasteiger partial charge in [-0.3, -0.25) is 0 Å². The van der Waals surface area contributed by atoms with E-state index < -0.39 is 48.4 Å². The van der Waals surface area contributed by atoms with E-state index in [0.29, 0.717) is 0 Å². The van der Waals surface area contributed by atoms with Crippen LogP contribution in [-0.2, 0) is 19.2 Å². The van der Waals surface area contributed by atoms with Gasteiger partial charge in [-0.25, -0.2) is 4.79 Å². The van der Waals surface area contributed by atoms with Gasteiger partial charge >= 0.3 is 23.6 Å². The van der Waals surface area contributed by atoms with Gasteiger partial charge in [0, 0.05) is 24.8 Å². The molecule has 0 radical (unpaired) electrons. The van der Waals surface area contributed by atoms with Crippen molar-refractivity contribution in [1.29, 1.82) is 0 Å². The number of rotatable bonds is 6. The van der Waals surface area contributed by atoms with Crippen molar-refractivity contribution in [3.8, 4) is 0 Å². The Morgan fingerprint density at radius 3 is 1.40 bits per heavy atom. The second-order valence-electron chi connectivity index (χ2n) is 3.43. The molecule has 1 atom stereocenters. The van der Waals surface area contributed by atoms with E-state index in [0.717, 1.165) is 0 Å². The van der Waals surface area contributed by atoms with Crippen molar-refractivity contribution in [3.63, 3.8) is 0 Å². The Morgan fingerprint density at radius 2 is 1.30 bits per heavy atom. The maximum atomic E-state index is 10.1. The second-order valence-corrected chi connectivity index (χ2v) is 3.43. The molecule has 0 aliphatic carbocycles. The number of aliphatic carboxylic acids is 4. The number of hydrogen-bond acceptors (Lipinski definition) is 9. The van der Waals surface area contributed by atoms with E-state index in [-0.39, 0.29) is 17.6 Å². The van der Waals surface area contributed by atoms with E-state index in [1.165, 1.54) is 6.92 Å². The molecule has 20 heavy (non-hydrogen) atoms. The van der Waals surface area contributed by atoms with Gasteiger partial charge in [0.2, 0.25) is 0 Å². The van der Waals surface area contributed by atoms with Crippen LogP contribution in [0.2, 0.25) is 0 Å². The number of aliphatic hydroxyl groups is 2. The predicted molar refractivity (Wildman–Crippen MR) is 55.7 cm³/mol. The second kappa shape index (κ2) is 10.2. The molecular weight excluding hydrogens is 341 g/mol. The molecule has 0 aliphatic heterocycles. The Hall–Kier alpha value is -1.66. The molecule has 11 heteroatoms. The SMILES string of the molecule is CC(O)C(=O)O.O=C([O-])CC(O)(CC(=O)[O-])C(=O)[O-].[GeH+3]. The number of carbonyl (C=O) groups is 4. The van der Waals surface area contributed by atoms with Gasteiger partial charge in [-0.15, -0.1) is 0 Å². The Labute approximate surface area is 123 Å². The van der Waals surface area contributed by atoms with Crippen molar-refractivity contribution in [2.45, 2.75) is 31.5 Å². The minimum absolute atomic E-state index is 0. The number of carboxylic acids is 4. The molecule has 112 valence electrons. The zero-order valence-corrected chi connectivity index (χ0v) is 12.7. The van der Waals surface area contributed by atoms with Crippen LogP contribution in [0.25, 0.3) is 0 Å². The van der Waals surface area contributed by atoms with Crippen molar-refractivity contribution in [3.05, 3.63) is 0 Å². The van der Waals surface area contributed by atoms with Gasteiger partial charge in [0.1, 0.15) is 11.7 Å². The van der Waals surface area contributed by atoms with Crippen LogP contribution in [0.5, 0.6) is 0 Å². The van der Waals surface area contributed by atoms with Crippen LogP contribution in [0, 0.1) is 0 Å². The average Bonchev–Trinajstić information content (AvgIpc) is 2.14. The van der Waals surface area contributed by atoms with Gasteiger partial charge in [0.05, 0.1) is 5.97 Å². The number of hydrogen-bond donors (Lipinski definition) is 3. The number of carbonyl (C=O) groups excluding carboxylic acids is 3. The normalized spacial score (nSPS) is 11.2. The Kier molecular flexibility index (Phi) is 11.9. The van der Waals surface area contributed by atoms with E-state index in [9.17, 15) is 34.5 Å². The Bertz CT molecular complexity index is 348. The molecule has 0 saturated carbocycles. The average molecular weight is 353 g/mol. The summed E-state index contributed by atoms with van der Waals surface area (Å²) in [4.78, 5) is 39.4. The first-order chi connectivity index (χ1) is 8.42. The van der Waals surface area contributed by atoms with E-state index in [4.69, 9.17) is 15.3 Å². The molecular formula is C9H12GeO10. The zero-order valence-electron chi connectivity index (χ0n) is 10.3. The Morgan fingerprint density at radius 1 is 1.05 bits per heavy atom. The summed E-state index contributed by atoms with van der Waals surface area (Å²) in [6.07, 6.45) is -3.95. The molecule has 0 aromatic heterocycles. The van der Waals surface area contributed by atoms with E-state index in [1.807, 2.05) is 0 Å². The third kappa shape index (κ3) is 11.4. The first-order valence-corrected chi connectivity index (χ1v) is 4.66. The van der Waals surface area contributed by atoms with Crippen LogP contribution < -0.4 is 15.3 Å². The summed E-state index contributed by atoms with van der Waals surface area (Å²) in [5, 5.41) is 54.7. The third-order valence-electron chi connectivity index (χ3n) is 1.61. The minimum atomic E-state index is -2.97. The Balaban J connectivity index is -0.000000352. The monoisotopic (exact) mass is 354 g/mol. The molecule has 0 spiro atoms. The molecule has 0 aromatic carbocycles. The van der Waals surface area contributed by atoms with Gasteiger partial charge in [-0.1, -0.05) is 0 Å². The summed E-state index contributed by atoms with van der Waals surface area (Å²) >= 11 is 0. The van der Waals surface area contributed by atoms with E-state index in [1.54, 1.807) is 0 Å². The van der Waals surface area contributed by atoms with Crippen LogP contribution in [0.15, 0.2) is 0 Å². The molecule has 0 bridgehead atoms. The van der Waals surface area contributed by atoms with E-state index >= 15 is 0 Å². The summed E-state index contributed by atoms with van der Waals surface area (Å²) in [6.45, 7) is 1.20. The van der Waals surface area contributed by atoms with Crippen LogP contribution in [0.4, 0.5) is 0 Å². The van der Waals surface area contributed by atoms with Crippen LogP contribution >= 0.6 is 0 Å². The molecule has 0 fully saturated rings. The molecule has 0 aromatic rings. The zero-order chi connectivity index (χ0) is 15.8. The standard InChI is InChI=1S/C6H8O7.C3H6O3.GeH/c7-3(8)1-6(13,5(11)12)2-4(9)10;1-2(4)3(5)6;/h13H,1-2H2,(H,7,8)(H,9,10)(H,11,12);2,4H,1H3,(H,5,6);1H/q;;+3/p-3. The van der Waals surface area contributed by atoms with Gasteiger partial charge < -0.3 is 45.0 Å².